The maximum atomic E-state index is 5.71. The Kier molecular flexibility index (Phi) is 10.4. The molecule has 2 fully saturated rings. The van der Waals surface area contributed by atoms with Crippen LogP contribution in [0, 0.1) is 5.92 Å². The zero-order valence-corrected chi connectivity index (χ0v) is 16.8. The van der Waals surface area contributed by atoms with Crippen LogP contribution in [0.1, 0.15) is 32.1 Å². The van der Waals surface area contributed by atoms with Crippen LogP contribution in [0.5, 0.6) is 0 Å². The molecule has 1 aliphatic carbocycles. The smallest absolute Gasteiger partial charge is 0.191 e. The molecular formula is C16H32IN3O3. The van der Waals surface area contributed by atoms with Crippen molar-refractivity contribution in [3.05, 3.63) is 0 Å². The van der Waals surface area contributed by atoms with E-state index in [0.29, 0.717) is 0 Å². The molecule has 136 valence electrons. The molecule has 1 heterocycles. The summed E-state index contributed by atoms with van der Waals surface area (Å²) in [5, 5.41) is 6.69. The van der Waals surface area contributed by atoms with Gasteiger partial charge in [0.15, 0.2) is 5.96 Å². The predicted molar refractivity (Wildman–Crippen MR) is 103 cm³/mol. The number of rotatable bonds is 9. The summed E-state index contributed by atoms with van der Waals surface area (Å²) >= 11 is 0. The van der Waals surface area contributed by atoms with Gasteiger partial charge in [0.2, 0.25) is 0 Å². The molecule has 2 N–H and O–H groups in total. The lowest BCUT2D eigenvalue weighted by molar-refractivity contribution is -0.0855. The highest BCUT2D eigenvalue weighted by atomic mass is 127. The molecule has 0 unspecified atom stereocenters. The number of nitrogens with one attached hydrogen (secondary N) is 2. The number of ether oxygens (including phenoxy) is 3. The van der Waals surface area contributed by atoms with E-state index in [9.17, 15) is 0 Å². The van der Waals surface area contributed by atoms with Crippen LogP contribution in [-0.4, -0.2) is 65.2 Å². The van der Waals surface area contributed by atoms with Crippen LogP contribution in [-0.2, 0) is 14.2 Å². The highest BCUT2D eigenvalue weighted by Gasteiger charge is 2.32. The van der Waals surface area contributed by atoms with Crippen LogP contribution in [0.4, 0.5) is 0 Å². The maximum Gasteiger partial charge on any atom is 0.191 e. The van der Waals surface area contributed by atoms with Gasteiger partial charge >= 0.3 is 0 Å². The summed E-state index contributed by atoms with van der Waals surface area (Å²) in [5.41, 5.74) is -0.136. The highest BCUT2D eigenvalue weighted by molar-refractivity contribution is 14.0. The Labute approximate surface area is 157 Å². The molecule has 6 nitrogen and oxygen atoms in total. The van der Waals surface area contributed by atoms with Crippen molar-refractivity contribution in [3.63, 3.8) is 0 Å². The number of methoxy groups -OCH3 is 1. The van der Waals surface area contributed by atoms with Crippen LogP contribution in [0.25, 0.3) is 0 Å². The fourth-order valence-corrected chi connectivity index (χ4v) is 2.58. The van der Waals surface area contributed by atoms with E-state index in [4.69, 9.17) is 14.2 Å². The van der Waals surface area contributed by atoms with Gasteiger partial charge in [-0.25, -0.2) is 0 Å². The molecule has 0 aromatic heterocycles. The van der Waals surface area contributed by atoms with Gasteiger partial charge in [-0.1, -0.05) is 0 Å². The van der Waals surface area contributed by atoms with E-state index in [1.165, 1.54) is 12.8 Å². The third-order valence-electron chi connectivity index (χ3n) is 4.45. The molecular weight excluding hydrogens is 409 g/mol. The normalized spacial score (nSPS) is 20.7. The molecule has 2 rings (SSSR count). The van der Waals surface area contributed by atoms with E-state index in [2.05, 4.69) is 15.6 Å². The average molecular weight is 441 g/mol. The largest absolute Gasteiger partial charge is 0.381 e. The second-order valence-electron chi connectivity index (χ2n) is 6.22. The quantitative estimate of drug-likeness (QED) is 0.247. The second-order valence-corrected chi connectivity index (χ2v) is 6.22. The van der Waals surface area contributed by atoms with Crippen LogP contribution in [0.3, 0.4) is 0 Å². The van der Waals surface area contributed by atoms with Crippen molar-refractivity contribution in [3.8, 4) is 0 Å². The van der Waals surface area contributed by atoms with Gasteiger partial charge in [-0.2, -0.15) is 0 Å². The summed E-state index contributed by atoms with van der Waals surface area (Å²) in [4.78, 5) is 4.26. The van der Waals surface area contributed by atoms with Crippen LogP contribution in [0.15, 0.2) is 4.99 Å². The van der Waals surface area contributed by atoms with Gasteiger partial charge in [0.05, 0.1) is 5.60 Å². The molecule has 0 bridgehead atoms. The van der Waals surface area contributed by atoms with Crippen LogP contribution < -0.4 is 10.6 Å². The fourth-order valence-electron chi connectivity index (χ4n) is 2.58. The molecule has 7 heteroatoms. The summed E-state index contributed by atoms with van der Waals surface area (Å²) in [7, 11) is 3.57. The van der Waals surface area contributed by atoms with E-state index in [1.807, 2.05) is 0 Å². The van der Waals surface area contributed by atoms with Gasteiger partial charge < -0.3 is 24.8 Å². The van der Waals surface area contributed by atoms with Gasteiger partial charge in [0.25, 0.3) is 0 Å². The van der Waals surface area contributed by atoms with Gasteiger partial charge in [0, 0.05) is 66.5 Å². The molecule has 0 atom stereocenters. The van der Waals surface area contributed by atoms with Gasteiger partial charge in [-0.3, -0.25) is 4.99 Å². The first kappa shape index (κ1) is 20.9. The lowest BCUT2D eigenvalue weighted by Crippen LogP contribution is -2.50. The minimum atomic E-state index is -0.136. The van der Waals surface area contributed by atoms with E-state index < -0.39 is 0 Å². The van der Waals surface area contributed by atoms with E-state index in [1.54, 1.807) is 14.2 Å². The lowest BCUT2D eigenvalue weighted by Gasteiger charge is -2.36. The van der Waals surface area contributed by atoms with E-state index in [-0.39, 0.29) is 29.6 Å². The van der Waals surface area contributed by atoms with Crippen molar-refractivity contribution in [2.75, 3.05) is 53.7 Å². The number of aliphatic imine (C=N–C) groups is 1. The molecule has 0 amide bonds. The first-order chi connectivity index (χ1) is 10.8. The Hall–Kier alpha value is -0.120. The first-order valence-corrected chi connectivity index (χ1v) is 8.43. The Bertz CT molecular complexity index is 345. The highest BCUT2D eigenvalue weighted by Crippen LogP contribution is 2.28. The summed E-state index contributed by atoms with van der Waals surface area (Å²) in [6.45, 7) is 4.91. The minimum Gasteiger partial charge on any atom is -0.381 e. The topological polar surface area (TPSA) is 64.1 Å². The Morgan fingerprint density at radius 1 is 1.26 bits per heavy atom. The van der Waals surface area contributed by atoms with Crippen molar-refractivity contribution in [2.45, 2.75) is 37.7 Å². The average Bonchev–Trinajstić information content (AvgIpc) is 3.38. The Morgan fingerprint density at radius 3 is 2.61 bits per heavy atom. The zero-order valence-electron chi connectivity index (χ0n) is 14.4. The molecule has 0 aromatic carbocycles. The predicted octanol–water partition coefficient (Wildman–Crippen LogP) is 1.78. The zero-order chi connectivity index (χ0) is 15.7. The lowest BCUT2D eigenvalue weighted by atomic mass is 9.94. The number of halogens is 1. The molecule has 2 aliphatic rings. The standard InChI is InChI=1S/C16H31N3O3.HI/c1-17-15(18-8-3-9-22-12-14-4-5-14)19-13-16(20-2)6-10-21-11-7-16;/h14H,3-13H2,1-2H3,(H2,17,18,19);1H. The van der Waals surface area contributed by atoms with Gasteiger partial charge in [0.1, 0.15) is 0 Å². The first-order valence-electron chi connectivity index (χ1n) is 8.43. The number of hydrogen-bond acceptors (Lipinski definition) is 4. The molecule has 0 aromatic rings. The number of nitrogens with zero attached hydrogens (tertiary/aromatic N) is 1. The third kappa shape index (κ3) is 8.00. The van der Waals surface area contributed by atoms with Crippen molar-refractivity contribution >= 4 is 29.9 Å². The van der Waals surface area contributed by atoms with Crippen molar-refractivity contribution in [1.29, 1.82) is 0 Å². The SMILES string of the molecule is CN=C(NCCCOCC1CC1)NCC1(OC)CCOCC1.I. The Balaban J connectivity index is 0.00000264. The second kappa shape index (κ2) is 11.4. The fraction of sp³-hybridized carbons (Fsp3) is 0.938. The van der Waals surface area contributed by atoms with Crippen LogP contribution >= 0.6 is 24.0 Å². The minimum absolute atomic E-state index is 0. The van der Waals surface area contributed by atoms with Crippen molar-refractivity contribution in [2.24, 2.45) is 10.9 Å². The number of guanidine groups is 1. The van der Waals surface area contributed by atoms with Crippen molar-refractivity contribution in [1.82, 2.24) is 10.6 Å². The van der Waals surface area contributed by atoms with Gasteiger partial charge in [-0.15, -0.1) is 24.0 Å². The third-order valence-corrected chi connectivity index (χ3v) is 4.45. The Morgan fingerprint density at radius 2 is 2.00 bits per heavy atom. The molecule has 1 saturated carbocycles. The summed E-state index contributed by atoms with van der Waals surface area (Å²) in [6.07, 6.45) is 5.53. The van der Waals surface area contributed by atoms with Crippen LogP contribution in [0.2, 0.25) is 0 Å². The summed E-state index contributed by atoms with van der Waals surface area (Å²) in [5.74, 6) is 1.66. The summed E-state index contributed by atoms with van der Waals surface area (Å²) < 4.78 is 16.8. The summed E-state index contributed by atoms with van der Waals surface area (Å²) in [6, 6.07) is 0. The molecule has 1 aliphatic heterocycles. The van der Waals surface area contributed by atoms with Gasteiger partial charge in [-0.05, 0) is 25.2 Å². The molecule has 0 radical (unpaired) electrons. The van der Waals surface area contributed by atoms with E-state index in [0.717, 1.165) is 70.7 Å². The maximum absolute atomic E-state index is 5.71. The number of hydrogen-bond donors (Lipinski definition) is 2. The monoisotopic (exact) mass is 441 g/mol. The molecule has 1 saturated heterocycles. The molecule has 23 heavy (non-hydrogen) atoms. The van der Waals surface area contributed by atoms with E-state index >= 15 is 0 Å². The molecule has 0 spiro atoms. The van der Waals surface area contributed by atoms with Crippen molar-refractivity contribution < 1.29 is 14.2 Å².